The number of rotatable bonds is 10. The number of aromatic amines is 1. The van der Waals surface area contributed by atoms with E-state index in [4.69, 9.17) is 0 Å². The average Bonchev–Trinajstić information content (AvgIpc) is 3.34. The summed E-state index contributed by atoms with van der Waals surface area (Å²) in [7, 11) is 0. The van der Waals surface area contributed by atoms with Crippen LogP contribution in [0.2, 0.25) is 0 Å². The van der Waals surface area contributed by atoms with Gasteiger partial charge in [-0.15, -0.1) is 0 Å². The van der Waals surface area contributed by atoms with Gasteiger partial charge in [-0.3, -0.25) is 14.7 Å². The molecule has 0 aliphatic carbocycles. The highest BCUT2D eigenvalue weighted by molar-refractivity contribution is 6.07. The molecule has 2 aromatic carbocycles. The number of allylic oxidation sites excluding steroid dienone is 3. The van der Waals surface area contributed by atoms with E-state index in [-0.39, 0.29) is 12.2 Å². The Kier molecular flexibility index (Phi) is 8.19. The number of amides is 1. The highest BCUT2D eigenvalue weighted by atomic mass is 16.3. The van der Waals surface area contributed by atoms with E-state index in [0.29, 0.717) is 40.8 Å². The zero-order valence-electron chi connectivity index (χ0n) is 22.6. The highest BCUT2D eigenvalue weighted by Crippen LogP contribution is 2.46. The molecule has 1 aliphatic rings. The number of carbonyl (C=O) groups excluding carboxylic acids is 1. The summed E-state index contributed by atoms with van der Waals surface area (Å²) in [4.78, 5) is 28.5. The smallest absolute Gasteiger partial charge is 0.279 e. The number of H-pyrrole nitrogens is 1. The first-order valence-corrected chi connectivity index (χ1v) is 13.1. The number of carbonyl (C=O) groups is 1. The lowest BCUT2D eigenvalue weighted by atomic mass is 9.82. The molecule has 0 unspecified atom stereocenters. The van der Waals surface area contributed by atoms with Crippen LogP contribution in [0.1, 0.15) is 52.5 Å². The molecule has 0 bridgehead atoms. The summed E-state index contributed by atoms with van der Waals surface area (Å²) in [6.07, 6.45) is 10.0. The van der Waals surface area contributed by atoms with Gasteiger partial charge in [0.25, 0.3) is 11.5 Å². The second kappa shape index (κ2) is 11.4. The lowest BCUT2D eigenvalue weighted by Crippen LogP contribution is -2.44. The minimum atomic E-state index is -1.81. The third-order valence-corrected chi connectivity index (χ3v) is 7.20. The van der Waals surface area contributed by atoms with Crippen LogP contribution >= 0.6 is 0 Å². The molecule has 0 spiro atoms. The van der Waals surface area contributed by atoms with Crippen molar-refractivity contribution in [3.8, 4) is 5.69 Å². The van der Waals surface area contributed by atoms with Crippen LogP contribution in [0.15, 0.2) is 82.7 Å². The Morgan fingerprint density at radius 2 is 1.84 bits per heavy atom. The van der Waals surface area contributed by atoms with Gasteiger partial charge in [-0.1, -0.05) is 54.5 Å². The maximum absolute atomic E-state index is 13.8. The minimum Gasteiger partial charge on any atom is -0.396 e. The monoisotopic (exact) mass is 515 g/mol. The van der Waals surface area contributed by atoms with Crippen LogP contribution in [-0.4, -0.2) is 39.1 Å². The summed E-state index contributed by atoms with van der Waals surface area (Å²) in [5.74, 6) is -0.953. The normalized spacial score (nSPS) is 18.4. The third-order valence-electron chi connectivity index (χ3n) is 7.20. The summed E-state index contributed by atoms with van der Waals surface area (Å²) in [6.45, 7) is 8.33. The van der Waals surface area contributed by atoms with Crippen molar-refractivity contribution in [3.05, 3.63) is 93.8 Å². The van der Waals surface area contributed by atoms with Gasteiger partial charge in [0.1, 0.15) is 0 Å². The molecule has 200 valence electrons. The third kappa shape index (κ3) is 5.17. The zero-order valence-corrected chi connectivity index (χ0v) is 22.6. The molecule has 38 heavy (non-hydrogen) atoms. The van der Waals surface area contributed by atoms with Crippen molar-refractivity contribution in [2.45, 2.75) is 52.6 Å². The molecule has 0 radical (unpaired) electrons. The van der Waals surface area contributed by atoms with Crippen LogP contribution in [-0.2, 0) is 10.4 Å². The summed E-state index contributed by atoms with van der Waals surface area (Å²) in [6, 6.07) is 12.6. The lowest BCUT2D eigenvalue weighted by molar-refractivity contribution is -0.139. The van der Waals surface area contributed by atoms with Crippen molar-refractivity contribution in [1.82, 2.24) is 9.78 Å². The van der Waals surface area contributed by atoms with Crippen LogP contribution in [0.25, 0.3) is 16.6 Å². The standard InChI is InChI=1S/C31H37N3O4/c1-21(2)10-9-11-22(3)17-18-33-28-16-15-24(34-29(36)25-13-5-6-14-27(25)32-34)20-26(28)31(38,30(33)37)23(4)12-7-8-19-35/h5-7,10,12-17,20,23,32,35,38H,8-9,11,18-19H2,1-4H3/b12-7+,22-17+/t23-,31+/m1/s1. The van der Waals surface area contributed by atoms with Crippen LogP contribution in [0.3, 0.4) is 0 Å². The van der Waals surface area contributed by atoms with Crippen molar-refractivity contribution in [1.29, 1.82) is 0 Å². The fourth-order valence-electron chi connectivity index (χ4n) is 4.95. The Hall–Kier alpha value is -3.68. The summed E-state index contributed by atoms with van der Waals surface area (Å²) < 4.78 is 1.44. The molecule has 3 aromatic rings. The van der Waals surface area contributed by atoms with Crippen LogP contribution in [0, 0.1) is 5.92 Å². The van der Waals surface area contributed by atoms with E-state index in [1.165, 1.54) is 15.8 Å². The average molecular weight is 516 g/mol. The van der Waals surface area contributed by atoms with Gasteiger partial charge in [0.15, 0.2) is 5.60 Å². The molecule has 3 N–H and O–H groups in total. The number of benzene rings is 2. The van der Waals surface area contributed by atoms with Gasteiger partial charge in [0.2, 0.25) is 0 Å². The number of aliphatic hydroxyl groups is 2. The van der Waals surface area contributed by atoms with Crippen LogP contribution in [0.5, 0.6) is 0 Å². The number of hydrogen-bond acceptors (Lipinski definition) is 4. The predicted octanol–water partition coefficient (Wildman–Crippen LogP) is 5.12. The van der Waals surface area contributed by atoms with Crippen molar-refractivity contribution in [2.24, 2.45) is 5.92 Å². The topological polar surface area (TPSA) is 98.6 Å². The van der Waals surface area contributed by atoms with Gasteiger partial charge < -0.3 is 15.1 Å². The van der Waals surface area contributed by atoms with Gasteiger partial charge in [-0.2, -0.15) is 0 Å². The first kappa shape index (κ1) is 27.4. The summed E-state index contributed by atoms with van der Waals surface area (Å²) in [5, 5.41) is 24.8. The number of nitrogens with zero attached hydrogens (tertiary/aromatic N) is 2. The molecule has 2 atom stereocenters. The Morgan fingerprint density at radius 1 is 1.08 bits per heavy atom. The number of para-hydroxylation sites is 1. The Bertz CT molecular complexity index is 1470. The molecule has 1 aliphatic heterocycles. The van der Waals surface area contributed by atoms with E-state index < -0.39 is 17.4 Å². The van der Waals surface area contributed by atoms with Crippen LogP contribution < -0.4 is 10.5 Å². The fourth-order valence-corrected chi connectivity index (χ4v) is 4.95. The molecular weight excluding hydrogens is 478 g/mol. The molecule has 2 heterocycles. The van der Waals surface area contributed by atoms with Gasteiger partial charge in [0.05, 0.1) is 22.3 Å². The van der Waals surface area contributed by atoms with Gasteiger partial charge in [0, 0.05) is 24.6 Å². The number of nitrogens with one attached hydrogen (secondary N) is 1. The summed E-state index contributed by atoms with van der Waals surface area (Å²) in [5.41, 5.74) is 2.78. The lowest BCUT2D eigenvalue weighted by Gasteiger charge is -2.27. The maximum atomic E-state index is 13.8. The summed E-state index contributed by atoms with van der Waals surface area (Å²) >= 11 is 0. The van der Waals surface area contributed by atoms with Crippen molar-refractivity contribution >= 4 is 22.5 Å². The Balaban J connectivity index is 1.75. The first-order valence-electron chi connectivity index (χ1n) is 13.1. The first-order chi connectivity index (χ1) is 18.2. The van der Waals surface area contributed by atoms with Gasteiger partial charge in [-0.05, 0) is 70.4 Å². The molecule has 0 saturated heterocycles. The van der Waals surface area contributed by atoms with E-state index in [1.807, 2.05) is 24.3 Å². The number of anilines is 1. The number of aromatic nitrogens is 2. The molecule has 7 heteroatoms. The van der Waals surface area contributed by atoms with Crippen molar-refractivity contribution in [2.75, 3.05) is 18.1 Å². The van der Waals surface area contributed by atoms with E-state index in [9.17, 15) is 19.8 Å². The highest BCUT2D eigenvalue weighted by Gasteiger charge is 2.52. The minimum absolute atomic E-state index is 0.0113. The molecule has 4 rings (SSSR count). The van der Waals surface area contributed by atoms with Gasteiger partial charge in [-0.25, -0.2) is 4.68 Å². The maximum Gasteiger partial charge on any atom is 0.279 e. The SMILES string of the molecule is CC(C)=CCC/C(C)=C/CN1C(=O)[C@](O)([C@H](C)/C=C/CCO)c2cc(-n3[nH]c4ccccc4c3=O)ccc21. The Labute approximate surface area is 223 Å². The van der Waals surface area contributed by atoms with Crippen LogP contribution in [0.4, 0.5) is 5.69 Å². The molecule has 1 aromatic heterocycles. The number of hydrogen-bond donors (Lipinski definition) is 3. The second-order valence-corrected chi connectivity index (χ2v) is 10.3. The number of aliphatic hydroxyl groups excluding tert-OH is 1. The molecule has 7 nitrogen and oxygen atoms in total. The van der Waals surface area contributed by atoms with Crippen molar-refractivity contribution < 1.29 is 15.0 Å². The zero-order chi connectivity index (χ0) is 27.4. The van der Waals surface area contributed by atoms with E-state index in [0.717, 1.165) is 12.8 Å². The molecule has 1 amide bonds. The fraction of sp³-hybridized carbons (Fsp3) is 0.355. The van der Waals surface area contributed by atoms with Crippen molar-refractivity contribution in [3.63, 3.8) is 0 Å². The predicted molar refractivity (Wildman–Crippen MR) is 153 cm³/mol. The molecule has 0 saturated carbocycles. The van der Waals surface area contributed by atoms with E-state index >= 15 is 0 Å². The quantitative estimate of drug-likeness (QED) is 0.327. The van der Waals surface area contributed by atoms with E-state index in [2.05, 4.69) is 31.9 Å². The molecular formula is C31H37N3O4. The molecule has 0 fully saturated rings. The van der Waals surface area contributed by atoms with Gasteiger partial charge >= 0.3 is 0 Å². The number of fused-ring (bicyclic) bond motifs is 2. The second-order valence-electron chi connectivity index (χ2n) is 10.3. The largest absolute Gasteiger partial charge is 0.396 e. The van der Waals surface area contributed by atoms with E-state index in [1.54, 1.807) is 48.2 Å². The Morgan fingerprint density at radius 3 is 2.55 bits per heavy atom.